The average molecular weight is 542 g/mol. The molecule has 4 heterocycles. The third-order valence-electron chi connectivity index (χ3n) is 8.03. The number of aromatic nitrogens is 2. The maximum Gasteiger partial charge on any atom is 0.410 e. The van der Waals surface area contributed by atoms with Crippen molar-refractivity contribution in [3.63, 3.8) is 0 Å². The Labute approximate surface area is 234 Å². The van der Waals surface area contributed by atoms with Crippen LogP contribution in [0.5, 0.6) is 0 Å². The minimum absolute atomic E-state index is 0.140. The second-order valence-electron chi connectivity index (χ2n) is 10.8. The van der Waals surface area contributed by atoms with Gasteiger partial charge in [-0.3, -0.25) is 9.69 Å². The number of hydrogen-bond acceptors (Lipinski definition) is 8. The van der Waals surface area contributed by atoms with Crippen LogP contribution < -0.4 is 16.0 Å². The van der Waals surface area contributed by atoms with Crippen LogP contribution in [0.2, 0.25) is 0 Å². The number of fused-ring (bicyclic) bond motifs is 1. The van der Waals surface area contributed by atoms with Crippen LogP contribution in [0, 0.1) is 0 Å². The summed E-state index contributed by atoms with van der Waals surface area (Å²) in [5, 5.41) is 3.31. The molecule has 0 saturated carbocycles. The van der Waals surface area contributed by atoms with Gasteiger partial charge in [-0.1, -0.05) is 36.4 Å². The quantitative estimate of drug-likeness (QED) is 0.465. The van der Waals surface area contributed by atoms with Crippen LogP contribution in [0.1, 0.15) is 46.4 Å². The Morgan fingerprint density at radius 3 is 2.58 bits per heavy atom. The molecule has 3 aliphatic rings. The number of piperidine rings is 1. The van der Waals surface area contributed by atoms with Crippen molar-refractivity contribution in [3.8, 4) is 0 Å². The molecule has 0 atom stereocenters. The Morgan fingerprint density at radius 1 is 1.00 bits per heavy atom. The molecule has 0 unspecified atom stereocenters. The minimum Gasteiger partial charge on any atom is -0.445 e. The number of nitrogens with one attached hydrogen (secondary N) is 1. The van der Waals surface area contributed by atoms with E-state index in [2.05, 4.69) is 32.2 Å². The summed E-state index contributed by atoms with van der Waals surface area (Å²) in [4.78, 5) is 40.0. The molecule has 10 heteroatoms. The zero-order valence-electron chi connectivity index (χ0n) is 22.6. The van der Waals surface area contributed by atoms with E-state index in [0.717, 1.165) is 62.5 Å². The number of likely N-dealkylation sites (tertiary alicyclic amines) is 1. The first kappa shape index (κ1) is 26.1. The van der Waals surface area contributed by atoms with Crippen LogP contribution >= 0.6 is 0 Å². The van der Waals surface area contributed by atoms with E-state index < -0.39 is 5.91 Å². The largest absolute Gasteiger partial charge is 0.445 e. The number of ether oxygens (including phenoxy) is 1. The van der Waals surface area contributed by atoms with Gasteiger partial charge in [-0.15, -0.1) is 0 Å². The van der Waals surface area contributed by atoms with E-state index >= 15 is 0 Å². The molecular weight excluding hydrogens is 506 g/mol. The molecule has 208 valence electrons. The molecule has 2 saturated heterocycles. The van der Waals surface area contributed by atoms with E-state index in [4.69, 9.17) is 15.5 Å². The van der Waals surface area contributed by atoms with E-state index in [9.17, 15) is 9.59 Å². The van der Waals surface area contributed by atoms with Crippen LogP contribution in [0.3, 0.4) is 0 Å². The number of rotatable bonds is 7. The summed E-state index contributed by atoms with van der Waals surface area (Å²) >= 11 is 0. The summed E-state index contributed by atoms with van der Waals surface area (Å²) in [7, 11) is 0. The number of benzene rings is 2. The summed E-state index contributed by atoms with van der Waals surface area (Å²) < 4.78 is 5.47. The number of hydrogen-bond donors (Lipinski definition) is 2. The Bertz CT molecular complexity index is 1370. The number of carbonyl (C=O) groups excluding carboxylic acids is 2. The molecule has 0 bridgehead atoms. The van der Waals surface area contributed by atoms with Gasteiger partial charge in [-0.2, -0.15) is 0 Å². The van der Waals surface area contributed by atoms with Crippen molar-refractivity contribution in [1.82, 2.24) is 19.8 Å². The van der Waals surface area contributed by atoms with Crippen LogP contribution in [0.15, 0.2) is 54.7 Å². The highest BCUT2D eigenvalue weighted by Gasteiger charge is 2.37. The zero-order chi connectivity index (χ0) is 27.5. The summed E-state index contributed by atoms with van der Waals surface area (Å²) in [6, 6.07) is 16.3. The van der Waals surface area contributed by atoms with Gasteiger partial charge in [-0.25, -0.2) is 14.8 Å². The topological polar surface area (TPSA) is 117 Å². The van der Waals surface area contributed by atoms with Crippen molar-refractivity contribution in [2.45, 2.75) is 44.9 Å². The Kier molecular flexibility index (Phi) is 7.50. The van der Waals surface area contributed by atoms with E-state index in [1.807, 2.05) is 36.4 Å². The lowest BCUT2D eigenvalue weighted by Gasteiger charge is -2.46. The number of primary amides is 1. The maximum atomic E-state index is 12.4. The van der Waals surface area contributed by atoms with E-state index in [0.29, 0.717) is 31.6 Å². The molecule has 3 aliphatic heterocycles. The number of amides is 2. The van der Waals surface area contributed by atoms with Gasteiger partial charge >= 0.3 is 6.09 Å². The summed E-state index contributed by atoms with van der Waals surface area (Å²) in [5.41, 5.74) is 10.1. The van der Waals surface area contributed by atoms with Gasteiger partial charge in [0.1, 0.15) is 12.4 Å². The SMILES string of the molecule is NC(=O)c1ncc(N2CCCCC2)nc1Nc1ccc2c(c1)CCN(C1CN(C(=O)OCc3ccccc3)C1)C2. The predicted molar refractivity (Wildman–Crippen MR) is 152 cm³/mol. The molecule has 10 nitrogen and oxygen atoms in total. The third kappa shape index (κ3) is 5.72. The van der Waals surface area contributed by atoms with E-state index in [1.54, 1.807) is 11.1 Å². The van der Waals surface area contributed by atoms with Crippen molar-refractivity contribution >= 4 is 29.3 Å². The molecule has 0 aliphatic carbocycles. The van der Waals surface area contributed by atoms with Gasteiger partial charge < -0.3 is 25.6 Å². The zero-order valence-corrected chi connectivity index (χ0v) is 22.6. The summed E-state index contributed by atoms with van der Waals surface area (Å²) in [6.45, 7) is 5.30. The highest BCUT2D eigenvalue weighted by Crippen LogP contribution is 2.29. The molecule has 2 amide bonds. The Morgan fingerprint density at radius 2 is 1.80 bits per heavy atom. The van der Waals surface area contributed by atoms with E-state index in [1.165, 1.54) is 17.5 Å². The summed E-state index contributed by atoms with van der Waals surface area (Å²) in [5.74, 6) is 0.549. The Hall–Kier alpha value is -4.18. The second kappa shape index (κ2) is 11.5. The lowest BCUT2D eigenvalue weighted by Crippen LogP contribution is -2.61. The van der Waals surface area contributed by atoms with Crippen molar-refractivity contribution < 1.29 is 14.3 Å². The first-order chi connectivity index (χ1) is 19.5. The smallest absolute Gasteiger partial charge is 0.410 e. The first-order valence-electron chi connectivity index (χ1n) is 14.0. The normalized spacial score (nSPS) is 17.6. The second-order valence-corrected chi connectivity index (χ2v) is 10.8. The van der Waals surface area contributed by atoms with Crippen LogP contribution in [0.25, 0.3) is 0 Å². The summed E-state index contributed by atoms with van der Waals surface area (Å²) in [6.07, 6.45) is 5.77. The third-order valence-corrected chi connectivity index (χ3v) is 8.03. The average Bonchev–Trinajstić information content (AvgIpc) is 2.96. The fraction of sp³-hybridized carbons (Fsp3) is 0.400. The molecule has 1 aromatic heterocycles. The van der Waals surface area contributed by atoms with Crippen LogP contribution in [0.4, 0.5) is 22.1 Å². The fourth-order valence-electron chi connectivity index (χ4n) is 5.67. The molecule has 2 aromatic carbocycles. The molecular formula is C30H35N7O3. The lowest BCUT2D eigenvalue weighted by atomic mass is 9.96. The molecule has 6 rings (SSSR count). The molecule has 2 fully saturated rings. The van der Waals surface area contributed by atoms with Gasteiger partial charge in [0.05, 0.1) is 6.20 Å². The lowest BCUT2D eigenvalue weighted by molar-refractivity contribution is 0.0137. The van der Waals surface area contributed by atoms with Gasteiger partial charge in [0.2, 0.25) is 0 Å². The van der Waals surface area contributed by atoms with E-state index in [-0.39, 0.29) is 11.8 Å². The fourth-order valence-corrected chi connectivity index (χ4v) is 5.67. The first-order valence-corrected chi connectivity index (χ1v) is 14.0. The van der Waals surface area contributed by atoms with Gasteiger partial charge in [0, 0.05) is 51.0 Å². The van der Waals surface area contributed by atoms with Crippen molar-refractivity contribution in [2.24, 2.45) is 5.73 Å². The number of carbonyl (C=O) groups is 2. The standard InChI is InChI=1S/C30H35N7O3/c31-28(38)27-29(34-26(16-32-27)35-12-5-2-6-13-35)33-24-10-9-23-17-36(14-11-22(23)15-24)25-18-37(19-25)30(39)40-20-21-7-3-1-4-8-21/h1,3-4,7-10,15-16,25H,2,5-6,11-14,17-20H2,(H2,31,38)(H,33,34). The van der Waals surface area contributed by atoms with Crippen molar-refractivity contribution in [3.05, 3.63) is 77.1 Å². The van der Waals surface area contributed by atoms with Gasteiger partial charge in [0.25, 0.3) is 5.91 Å². The van der Waals surface area contributed by atoms with Crippen LogP contribution in [-0.2, 0) is 24.3 Å². The molecule has 3 aromatic rings. The molecule has 0 spiro atoms. The molecule has 3 N–H and O–H groups in total. The number of nitrogens with zero attached hydrogens (tertiary/aromatic N) is 5. The predicted octanol–water partition coefficient (Wildman–Crippen LogP) is 3.69. The number of anilines is 3. The van der Waals surface area contributed by atoms with Crippen molar-refractivity contribution in [2.75, 3.05) is 42.9 Å². The van der Waals surface area contributed by atoms with Gasteiger partial charge in [0.15, 0.2) is 11.5 Å². The highest BCUT2D eigenvalue weighted by molar-refractivity contribution is 5.96. The Balaban J connectivity index is 1.06. The van der Waals surface area contributed by atoms with Gasteiger partial charge in [-0.05, 0) is 54.5 Å². The molecule has 0 radical (unpaired) electrons. The van der Waals surface area contributed by atoms with Crippen LogP contribution in [-0.4, -0.2) is 70.5 Å². The minimum atomic E-state index is -0.604. The highest BCUT2D eigenvalue weighted by atomic mass is 16.6. The monoisotopic (exact) mass is 541 g/mol. The van der Waals surface area contributed by atoms with Crippen molar-refractivity contribution in [1.29, 1.82) is 0 Å². The number of nitrogens with two attached hydrogens (primary N) is 1. The molecule has 40 heavy (non-hydrogen) atoms. The maximum absolute atomic E-state index is 12.4.